The maximum Gasteiger partial charge on any atom is 0.237 e. The summed E-state index contributed by atoms with van der Waals surface area (Å²) in [5.74, 6) is 1.41. The molecular weight excluding hydrogens is 278 g/mol. The minimum Gasteiger partial charge on any atom is -0.437 e. The molecule has 1 N–H and O–H groups in total. The molecule has 0 saturated carbocycles. The van der Waals surface area contributed by atoms with Crippen LogP contribution >= 0.6 is 0 Å². The van der Waals surface area contributed by atoms with E-state index in [0.29, 0.717) is 29.7 Å². The van der Waals surface area contributed by atoms with Gasteiger partial charge in [0.25, 0.3) is 0 Å². The van der Waals surface area contributed by atoms with Gasteiger partial charge in [-0.25, -0.2) is 4.98 Å². The quantitative estimate of drug-likeness (QED) is 0.857. The first-order chi connectivity index (χ1) is 10.8. The number of carbonyl (C=O) groups is 1. The molecule has 1 amide bonds. The summed E-state index contributed by atoms with van der Waals surface area (Å²) >= 11 is 0. The number of ether oxygens (including phenoxy) is 1. The van der Waals surface area contributed by atoms with Gasteiger partial charge < -0.3 is 10.1 Å². The van der Waals surface area contributed by atoms with Crippen molar-refractivity contribution in [1.82, 2.24) is 9.97 Å². The fourth-order valence-electron chi connectivity index (χ4n) is 2.41. The van der Waals surface area contributed by atoms with Crippen LogP contribution in [0.25, 0.3) is 0 Å². The molecule has 5 nitrogen and oxygen atoms in total. The van der Waals surface area contributed by atoms with E-state index in [-0.39, 0.29) is 5.91 Å². The Bertz CT molecular complexity index is 671. The standard InChI is InChI=1S/C17H17N3O2/c21-16(10-13-4-1-2-5-13)20-14-6-3-7-15(11-14)22-17-12-18-8-9-19-17/h1,3-4,6-9,11-13H,2,5,10H2,(H,20,21)/t13-/m0/s1. The van der Waals surface area contributed by atoms with Crippen LogP contribution in [0.2, 0.25) is 0 Å². The number of amides is 1. The third kappa shape index (κ3) is 3.91. The summed E-state index contributed by atoms with van der Waals surface area (Å²) in [6, 6.07) is 7.25. The highest BCUT2D eigenvalue weighted by molar-refractivity contribution is 5.91. The van der Waals surface area contributed by atoms with Gasteiger partial charge in [-0.2, -0.15) is 0 Å². The van der Waals surface area contributed by atoms with Crippen molar-refractivity contribution in [1.29, 1.82) is 0 Å². The number of hydrogen-bond acceptors (Lipinski definition) is 4. The lowest BCUT2D eigenvalue weighted by atomic mass is 10.1. The smallest absolute Gasteiger partial charge is 0.237 e. The number of rotatable bonds is 5. The molecule has 2 aromatic rings. The van der Waals surface area contributed by atoms with Crippen molar-refractivity contribution >= 4 is 11.6 Å². The molecule has 1 heterocycles. The zero-order valence-electron chi connectivity index (χ0n) is 12.1. The number of anilines is 1. The van der Waals surface area contributed by atoms with Crippen LogP contribution in [0.3, 0.4) is 0 Å². The van der Waals surface area contributed by atoms with Gasteiger partial charge >= 0.3 is 0 Å². The first-order valence-electron chi connectivity index (χ1n) is 7.30. The predicted octanol–water partition coefficient (Wildman–Crippen LogP) is 3.56. The van der Waals surface area contributed by atoms with E-state index in [9.17, 15) is 4.79 Å². The summed E-state index contributed by atoms with van der Waals surface area (Å²) in [6.45, 7) is 0. The number of benzene rings is 1. The summed E-state index contributed by atoms with van der Waals surface area (Å²) in [5, 5.41) is 2.91. The molecule has 0 saturated heterocycles. The molecule has 1 aliphatic rings. The number of carbonyl (C=O) groups excluding carboxylic acids is 1. The van der Waals surface area contributed by atoms with E-state index in [0.717, 1.165) is 12.8 Å². The Labute approximate surface area is 129 Å². The van der Waals surface area contributed by atoms with Crippen LogP contribution in [0.5, 0.6) is 11.6 Å². The number of nitrogens with zero attached hydrogens (tertiary/aromatic N) is 2. The fourth-order valence-corrected chi connectivity index (χ4v) is 2.41. The van der Waals surface area contributed by atoms with Crippen LogP contribution < -0.4 is 10.1 Å². The van der Waals surface area contributed by atoms with Gasteiger partial charge in [-0.15, -0.1) is 0 Å². The van der Waals surface area contributed by atoms with Crippen molar-refractivity contribution in [2.75, 3.05) is 5.32 Å². The van der Waals surface area contributed by atoms with Crippen molar-refractivity contribution < 1.29 is 9.53 Å². The SMILES string of the molecule is O=C(C[C@H]1C=CCC1)Nc1cccc(Oc2cnccn2)c1. The van der Waals surface area contributed by atoms with E-state index in [1.807, 2.05) is 18.2 Å². The molecule has 3 rings (SSSR count). The summed E-state index contributed by atoms with van der Waals surface area (Å²) < 4.78 is 5.60. The van der Waals surface area contributed by atoms with Crippen LogP contribution in [0.15, 0.2) is 55.0 Å². The Hall–Kier alpha value is -2.69. The van der Waals surface area contributed by atoms with Crippen molar-refractivity contribution in [3.8, 4) is 11.6 Å². The minimum absolute atomic E-state index is 0.0215. The summed E-state index contributed by atoms with van der Waals surface area (Å²) in [6.07, 6.45) is 11.6. The van der Waals surface area contributed by atoms with E-state index in [1.165, 1.54) is 6.20 Å². The van der Waals surface area contributed by atoms with Gasteiger partial charge in [0.15, 0.2) is 0 Å². The molecule has 0 bridgehead atoms. The van der Waals surface area contributed by atoms with E-state index < -0.39 is 0 Å². The molecule has 0 unspecified atom stereocenters. The largest absolute Gasteiger partial charge is 0.437 e. The van der Waals surface area contributed by atoms with Crippen LogP contribution in [-0.2, 0) is 4.79 Å². The molecule has 1 aromatic carbocycles. The lowest BCUT2D eigenvalue weighted by molar-refractivity contribution is -0.116. The first-order valence-corrected chi connectivity index (χ1v) is 7.30. The van der Waals surface area contributed by atoms with Gasteiger partial charge in [0.2, 0.25) is 11.8 Å². The number of allylic oxidation sites excluding steroid dienone is 2. The van der Waals surface area contributed by atoms with E-state index >= 15 is 0 Å². The second kappa shape index (κ2) is 6.85. The van der Waals surface area contributed by atoms with Crippen molar-refractivity contribution in [3.05, 3.63) is 55.0 Å². The van der Waals surface area contributed by atoms with Gasteiger partial charge in [0, 0.05) is 30.6 Å². The Morgan fingerprint density at radius 2 is 2.32 bits per heavy atom. The monoisotopic (exact) mass is 295 g/mol. The molecule has 0 fully saturated rings. The second-order valence-corrected chi connectivity index (χ2v) is 5.19. The highest BCUT2D eigenvalue weighted by Gasteiger charge is 2.14. The molecule has 1 aliphatic carbocycles. The average Bonchev–Trinajstić information content (AvgIpc) is 3.01. The Morgan fingerprint density at radius 3 is 3.09 bits per heavy atom. The summed E-state index contributed by atoms with van der Waals surface area (Å²) in [5.41, 5.74) is 0.716. The topological polar surface area (TPSA) is 64.1 Å². The van der Waals surface area contributed by atoms with Crippen molar-refractivity contribution in [3.63, 3.8) is 0 Å². The third-order valence-electron chi connectivity index (χ3n) is 3.44. The molecular formula is C17H17N3O2. The molecule has 0 aliphatic heterocycles. The predicted molar refractivity (Wildman–Crippen MR) is 83.7 cm³/mol. The minimum atomic E-state index is 0.0215. The Morgan fingerprint density at radius 1 is 1.36 bits per heavy atom. The van der Waals surface area contributed by atoms with Gasteiger partial charge in [0.05, 0.1) is 6.20 Å². The lowest BCUT2D eigenvalue weighted by Gasteiger charge is -2.10. The van der Waals surface area contributed by atoms with Crippen LogP contribution in [0, 0.1) is 5.92 Å². The molecule has 112 valence electrons. The van der Waals surface area contributed by atoms with Crippen LogP contribution in [0.4, 0.5) is 5.69 Å². The number of hydrogen-bond donors (Lipinski definition) is 1. The van der Waals surface area contributed by atoms with E-state index in [2.05, 4.69) is 27.4 Å². The van der Waals surface area contributed by atoms with Crippen molar-refractivity contribution in [2.24, 2.45) is 5.92 Å². The molecule has 1 aromatic heterocycles. The summed E-state index contributed by atoms with van der Waals surface area (Å²) in [4.78, 5) is 20.0. The molecule has 1 atom stereocenters. The number of aromatic nitrogens is 2. The average molecular weight is 295 g/mol. The lowest BCUT2D eigenvalue weighted by Crippen LogP contribution is -2.14. The molecule has 5 heteroatoms. The van der Waals surface area contributed by atoms with Gasteiger partial charge in [-0.05, 0) is 30.9 Å². The third-order valence-corrected chi connectivity index (χ3v) is 3.44. The maximum atomic E-state index is 12.0. The van der Waals surface area contributed by atoms with E-state index in [1.54, 1.807) is 18.5 Å². The molecule has 22 heavy (non-hydrogen) atoms. The Balaban J connectivity index is 1.61. The van der Waals surface area contributed by atoms with E-state index in [4.69, 9.17) is 4.74 Å². The molecule has 0 spiro atoms. The second-order valence-electron chi connectivity index (χ2n) is 5.19. The first kappa shape index (κ1) is 14.3. The maximum absolute atomic E-state index is 12.0. The fraction of sp³-hybridized carbons (Fsp3) is 0.235. The number of nitrogens with one attached hydrogen (secondary N) is 1. The normalized spacial score (nSPS) is 16.5. The Kier molecular flexibility index (Phi) is 4.44. The van der Waals surface area contributed by atoms with Gasteiger partial charge in [-0.1, -0.05) is 18.2 Å². The zero-order valence-corrected chi connectivity index (χ0v) is 12.1. The highest BCUT2D eigenvalue weighted by atomic mass is 16.5. The molecule has 0 radical (unpaired) electrons. The van der Waals surface area contributed by atoms with Crippen LogP contribution in [-0.4, -0.2) is 15.9 Å². The van der Waals surface area contributed by atoms with Crippen LogP contribution in [0.1, 0.15) is 19.3 Å². The zero-order chi connectivity index (χ0) is 15.2. The van der Waals surface area contributed by atoms with Gasteiger partial charge in [0.1, 0.15) is 5.75 Å². The summed E-state index contributed by atoms with van der Waals surface area (Å²) in [7, 11) is 0. The highest BCUT2D eigenvalue weighted by Crippen LogP contribution is 2.24. The van der Waals surface area contributed by atoms with Gasteiger partial charge in [-0.3, -0.25) is 9.78 Å². The van der Waals surface area contributed by atoms with Crippen molar-refractivity contribution in [2.45, 2.75) is 19.3 Å².